The number of hydrogen-bond donors (Lipinski definition) is 2. The second-order valence-corrected chi connectivity index (χ2v) is 6.10. The number of likely N-dealkylation sites (tertiary alicyclic amines) is 1. The molecule has 1 aliphatic heterocycles. The number of aromatic amines is 1. The van der Waals surface area contributed by atoms with Gasteiger partial charge in [-0.1, -0.05) is 6.92 Å². The van der Waals surface area contributed by atoms with Gasteiger partial charge < -0.3 is 10.0 Å². The topological polar surface area (TPSA) is 85.4 Å². The molecule has 2 N–H and O–H groups in total. The lowest BCUT2D eigenvalue weighted by molar-refractivity contribution is -0.140. The molecular formula is C14H23N5O2. The Labute approximate surface area is 124 Å². The fourth-order valence-corrected chi connectivity index (χ4v) is 3.10. The first kappa shape index (κ1) is 14.5. The molecule has 2 heterocycles. The molecule has 7 heteroatoms. The standard InChI is InChI=1S/C14H23N5O2/c1-2-18(11-4-5-11)9-13(20)19-7-3-6-14(21,10-19)12-8-15-17-16-12/h8,11,21H,2-7,9-10H2,1H3,(H,15,16,17). The van der Waals surface area contributed by atoms with Crippen LogP contribution in [0.1, 0.15) is 38.3 Å². The van der Waals surface area contributed by atoms with Crippen LogP contribution in [0.2, 0.25) is 0 Å². The van der Waals surface area contributed by atoms with Crippen LogP contribution in [0.15, 0.2) is 6.20 Å². The zero-order valence-electron chi connectivity index (χ0n) is 12.5. The third kappa shape index (κ3) is 3.08. The quantitative estimate of drug-likeness (QED) is 0.804. The minimum atomic E-state index is -1.07. The van der Waals surface area contributed by atoms with E-state index < -0.39 is 5.60 Å². The number of likely N-dealkylation sites (N-methyl/N-ethyl adjacent to an activating group) is 1. The Balaban J connectivity index is 1.64. The molecule has 2 fully saturated rings. The first-order valence-corrected chi connectivity index (χ1v) is 7.73. The molecule has 0 radical (unpaired) electrons. The summed E-state index contributed by atoms with van der Waals surface area (Å²) in [5.41, 5.74) is -0.549. The van der Waals surface area contributed by atoms with Crippen LogP contribution < -0.4 is 0 Å². The smallest absolute Gasteiger partial charge is 0.236 e. The highest BCUT2D eigenvalue weighted by atomic mass is 16.3. The number of nitrogens with zero attached hydrogens (tertiary/aromatic N) is 4. The zero-order valence-corrected chi connectivity index (χ0v) is 12.5. The van der Waals surface area contributed by atoms with Crippen molar-refractivity contribution in [2.24, 2.45) is 0 Å². The van der Waals surface area contributed by atoms with Crippen molar-refractivity contribution in [2.75, 3.05) is 26.2 Å². The van der Waals surface area contributed by atoms with Gasteiger partial charge in [-0.25, -0.2) is 0 Å². The lowest BCUT2D eigenvalue weighted by atomic mass is 9.90. The number of piperidine rings is 1. The average Bonchev–Trinajstić information content (AvgIpc) is 3.16. The zero-order chi connectivity index (χ0) is 14.9. The maximum atomic E-state index is 12.5. The van der Waals surface area contributed by atoms with Gasteiger partial charge >= 0.3 is 0 Å². The van der Waals surface area contributed by atoms with E-state index in [2.05, 4.69) is 27.2 Å². The van der Waals surface area contributed by atoms with Gasteiger partial charge in [-0.15, -0.1) is 0 Å². The molecule has 2 aliphatic rings. The highest BCUT2D eigenvalue weighted by Crippen LogP contribution is 2.30. The van der Waals surface area contributed by atoms with Crippen LogP contribution >= 0.6 is 0 Å². The van der Waals surface area contributed by atoms with Gasteiger partial charge in [0.25, 0.3) is 0 Å². The maximum absolute atomic E-state index is 12.5. The Morgan fingerprint density at radius 3 is 3.05 bits per heavy atom. The van der Waals surface area contributed by atoms with Gasteiger partial charge in [0.1, 0.15) is 11.3 Å². The van der Waals surface area contributed by atoms with Crippen molar-refractivity contribution in [1.29, 1.82) is 0 Å². The summed E-state index contributed by atoms with van der Waals surface area (Å²) in [5.74, 6) is 0.102. The first-order valence-electron chi connectivity index (χ1n) is 7.73. The summed E-state index contributed by atoms with van der Waals surface area (Å²) in [6, 6.07) is 0.582. The lowest BCUT2D eigenvalue weighted by Gasteiger charge is -2.38. The molecular weight excluding hydrogens is 270 g/mol. The van der Waals surface area contributed by atoms with E-state index in [0.29, 0.717) is 37.8 Å². The van der Waals surface area contributed by atoms with E-state index in [1.165, 1.54) is 19.0 Å². The normalized spacial score (nSPS) is 26.3. The Hall–Kier alpha value is -1.47. The number of β-amino-alcohol motifs (C(OH)–C–C–N with tert-alkyl or cyclic N) is 1. The second kappa shape index (κ2) is 5.73. The number of hydrogen-bond acceptors (Lipinski definition) is 5. The Morgan fingerprint density at radius 2 is 2.43 bits per heavy atom. The summed E-state index contributed by atoms with van der Waals surface area (Å²) in [5, 5.41) is 21.0. The van der Waals surface area contributed by atoms with Crippen molar-refractivity contribution >= 4 is 5.91 Å². The molecule has 21 heavy (non-hydrogen) atoms. The largest absolute Gasteiger partial charge is 0.382 e. The van der Waals surface area contributed by atoms with Crippen LogP contribution in [0.4, 0.5) is 0 Å². The van der Waals surface area contributed by atoms with Crippen LogP contribution in [0.25, 0.3) is 0 Å². The molecule has 0 aromatic carbocycles. The molecule has 1 aliphatic carbocycles. The number of aliphatic hydroxyl groups is 1. The molecule has 116 valence electrons. The van der Waals surface area contributed by atoms with Crippen molar-refractivity contribution in [3.05, 3.63) is 11.9 Å². The molecule has 1 unspecified atom stereocenters. The Kier molecular flexibility index (Phi) is 3.95. The molecule has 0 spiro atoms. The van der Waals surface area contributed by atoms with E-state index in [1.54, 1.807) is 4.90 Å². The molecule has 1 saturated heterocycles. The van der Waals surface area contributed by atoms with Crippen LogP contribution in [-0.2, 0) is 10.4 Å². The summed E-state index contributed by atoms with van der Waals surface area (Å²) in [7, 11) is 0. The number of aromatic nitrogens is 3. The molecule has 1 atom stereocenters. The monoisotopic (exact) mass is 293 g/mol. The number of nitrogens with one attached hydrogen (secondary N) is 1. The van der Waals surface area contributed by atoms with Gasteiger partial charge in [0.05, 0.1) is 19.3 Å². The highest BCUT2D eigenvalue weighted by molar-refractivity contribution is 5.78. The molecule has 1 amide bonds. The van der Waals surface area contributed by atoms with E-state index >= 15 is 0 Å². The third-order valence-electron chi connectivity index (χ3n) is 4.52. The Bertz CT molecular complexity index is 488. The van der Waals surface area contributed by atoms with Gasteiger partial charge in [-0.3, -0.25) is 9.69 Å². The molecule has 1 aromatic rings. The molecule has 7 nitrogen and oxygen atoms in total. The van der Waals surface area contributed by atoms with Crippen LogP contribution in [0, 0.1) is 0 Å². The maximum Gasteiger partial charge on any atom is 0.236 e. The van der Waals surface area contributed by atoms with Gasteiger partial charge in [0.2, 0.25) is 5.91 Å². The van der Waals surface area contributed by atoms with Crippen molar-refractivity contribution in [3.63, 3.8) is 0 Å². The van der Waals surface area contributed by atoms with Crippen LogP contribution in [0.3, 0.4) is 0 Å². The molecule has 1 saturated carbocycles. The minimum absolute atomic E-state index is 0.102. The fourth-order valence-electron chi connectivity index (χ4n) is 3.10. The van der Waals surface area contributed by atoms with Gasteiger partial charge in [0, 0.05) is 12.6 Å². The van der Waals surface area contributed by atoms with Gasteiger partial charge in [-0.2, -0.15) is 15.4 Å². The van der Waals surface area contributed by atoms with E-state index in [0.717, 1.165) is 13.0 Å². The summed E-state index contributed by atoms with van der Waals surface area (Å²) >= 11 is 0. The molecule has 1 aromatic heterocycles. The number of carbonyl (C=O) groups is 1. The number of H-pyrrole nitrogens is 1. The number of amides is 1. The van der Waals surface area contributed by atoms with Crippen molar-refractivity contribution in [1.82, 2.24) is 25.2 Å². The van der Waals surface area contributed by atoms with E-state index in [-0.39, 0.29) is 5.91 Å². The number of rotatable bonds is 5. The predicted octanol–water partition coefficient (Wildman–Crippen LogP) is 0.0990. The van der Waals surface area contributed by atoms with Crippen molar-refractivity contribution in [2.45, 2.75) is 44.2 Å². The number of carbonyl (C=O) groups excluding carboxylic acids is 1. The summed E-state index contributed by atoms with van der Waals surface area (Å²) in [6.07, 6.45) is 5.33. The summed E-state index contributed by atoms with van der Waals surface area (Å²) < 4.78 is 0. The first-order chi connectivity index (χ1) is 10.1. The minimum Gasteiger partial charge on any atom is -0.382 e. The third-order valence-corrected chi connectivity index (χ3v) is 4.52. The van der Waals surface area contributed by atoms with E-state index in [4.69, 9.17) is 0 Å². The average molecular weight is 293 g/mol. The van der Waals surface area contributed by atoms with E-state index in [1.807, 2.05) is 0 Å². The second-order valence-electron chi connectivity index (χ2n) is 6.10. The molecule has 3 rings (SSSR count). The van der Waals surface area contributed by atoms with E-state index in [9.17, 15) is 9.90 Å². The Morgan fingerprint density at radius 1 is 1.62 bits per heavy atom. The van der Waals surface area contributed by atoms with Crippen LogP contribution in [0.5, 0.6) is 0 Å². The summed E-state index contributed by atoms with van der Waals surface area (Å²) in [4.78, 5) is 16.5. The molecule has 0 bridgehead atoms. The lowest BCUT2D eigenvalue weighted by Crippen LogP contribution is -2.51. The van der Waals surface area contributed by atoms with Gasteiger partial charge in [0.15, 0.2) is 0 Å². The van der Waals surface area contributed by atoms with Crippen molar-refractivity contribution in [3.8, 4) is 0 Å². The van der Waals surface area contributed by atoms with Crippen LogP contribution in [-0.4, -0.2) is 68.4 Å². The predicted molar refractivity (Wildman–Crippen MR) is 76.4 cm³/mol. The highest BCUT2D eigenvalue weighted by Gasteiger charge is 2.39. The SMILES string of the molecule is CCN(CC(=O)N1CCCC(O)(c2cn[nH]n2)C1)C1CC1. The van der Waals surface area contributed by atoms with Crippen molar-refractivity contribution < 1.29 is 9.90 Å². The van der Waals surface area contributed by atoms with Gasteiger partial charge in [-0.05, 0) is 32.2 Å². The fraction of sp³-hybridized carbons (Fsp3) is 0.786. The summed E-state index contributed by atoms with van der Waals surface area (Å²) in [6.45, 7) is 4.46.